The monoisotopic (exact) mass is 258 g/mol. The van der Waals surface area contributed by atoms with Crippen molar-refractivity contribution in [2.24, 2.45) is 12.8 Å². The van der Waals surface area contributed by atoms with Crippen LogP contribution in [-0.2, 0) is 12.6 Å². The number of fused-ring (bicyclic) bond motifs is 1. The Labute approximate surface area is 114 Å². The number of hydrogen-bond acceptors (Lipinski definition) is 2. The molecule has 1 saturated carbocycles. The van der Waals surface area contributed by atoms with Crippen molar-refractivity contribution in [1.29, 1.82) is 0 Å². The van der Waals surface area contributed by atoms with Gasteiger partial charge < -0.3 is 15.0 Å². The van der Waals surface area contributed by atoms with E-state index in [4.69, 9.17) is 10.5 Å². The summed E-state index contributed by atoms with van der Waals surface area (Å²) in [6, 6.07) is 6.27. The van der Waals surface area contributed by atoms with Crippen molar-refractivity contribution in [3.63, 3.8) is 0 Å². The second-order valence-electron chi connectivity index (χ2n) is 5.77. The number of methoxy groups -OCH3 is 1. The molecule has 1 heterocycles. The number of aromatic nitrogens is 1. The van der Waals surface area contributed by atoms with Crippen LogP contribution in [0.5, 0.6) is 5.75 Å². The molecule has 0 bridgehead atoms. The largest absolute Gasteiger partial charge is 0.497 e. The lowest BCUT2D eigenvalue weighted by molar-refractivity contribution is 0.415. The zero-order valence-corrected chi connectivity index (χ0v) is 12.0. The Kier molecular flexibility index (Phi) is 2.82. The van der Waals surface area contributed by atoms with Crippen LogP contribution < -0.4 is 10.5 Å². The average molecular weight is 258 g/mol. The number of rotatable bonds is 2. The van der Waals surface area contributed by atoms with Crippen molar-refractivity contribution in [2.45, 2.75) is 38.1 Å². The molecule has 3 nitrogen and oxygen atoms in total. The number of ether oxygens (including phenoxy) is 1. The quantitative estimate of drug-likeness (QED) is 0.898. The van der Waals surface area contributed by atoms with Gasteiger partial charge in [-0.25, -0.2) is 0 Å². The van der Waals surface area contributed by atoms with Gasteiger partial charge in [-0.2, -0.15) is 0 Å². The Balaban J connectivity index is 2.30. The fraction of sp³-hybridized carbons (Fsp3) is 0.500. The van der Waals surface area contributed by atoms with Crippen molar-refractivity contribution in [2.75, 3.05) is 7.11 Å². The molecule has 1 aliphatic carbocycles. The highest BCUT2D eigenvalue weighted by Gasteiger charge is 2.35. The first-order chi connectivity index (χ1) is 9.07. The summed E-state index contributed by atoms with van der Waals surface area (Å²) < 4.78 is 7.62. The second-order valence-corrected chi connectivity index (χ2v) is 5.77. The van der Waals surface area contributed by atoms with E-state index in [1.54, 1.807) is 7.11 Å². The molecule has 0 unspecified atom stereocenters. The van der Waals surface area contributed by atoms with Crippen LogP contribution in [0.4, 0.5) is 0 Å². The fourth-order valence-electron chi connectivity index (χ4n) is 3.56. The van der Waals surface area contributed by atoms with Gasteiger partial charge in [-0.3, -0.25) is 0 Å². The van der Waals surface area contributed by atoms with E-state index >= 15 is 0 Å². The molecule has 0 atom stereocenters. The summed E-state index contributed by atoms with van der Waals surface area (Å²) in [6.45, 7) is 2.18. The van der Waals surface area contributed by atoms with E-state index in [9.17, 15) is 0 Å². The first kappa shape index (κ1) is 12.5. The molecule has 2 N–H and O–H groups in total. The van der Waals surface area contributed by atoms with Gasteiger partial charge in [-0.1, -0.05) is 12.8 Å². The van der Waals surface area contributed by atoms with Gasteiger partial charge in [0.15, 0.2) is 0 Å². The van der Waals surface area contributed by atoms with Gasteiger partial charge in [0, 0.05) is 34.7 Å². The van der Waals surface area contributed by atoms with Gasteiger partial charge in [0.05, 0.1) is 7.11 Å². The molecule has 0 saturated heterocycles. The molecular weight excluding hydrogens is 236 g/mol. The summed E-state index contributed by atoms with van der Waals surface area (Å²) in [4.78, 5) is 0. The Morgan fingerprint density at radius 3 is 2.58 bits per heavy atom. The zero-order valence-electron chi connectivity index (χ0n) is 12.0. The number of hydrogen-bond donors (Lipinski definition) is 1. The average Bonchev–Trinajstić information content (AvgIpc) is 2.94. The molecule has 0 spiro atoms. The maximum absolute atomic E-state index is 6.70. The van der Waals surface area contributed by atoms with Crippen molar-refractivity contribution < 1.29 is 4.74 Å². The van der Waals surface area contributed by atoms with E-state index in [0.29, 0.717) is 0 Å². The second kappa shape index (κ2) is 4.27. The van der Waals surface area contributed by atoms with E-state index < -0.39 is 0 Å². The van der Waals surface area contributed by atoms with Crippen LogP contribution in [0.25, 0.3) is 10.9 Å². The highest BCUT2D eigenvalue weighted by atomic mass is 16.5. The Hall–Kier alpha value is -1.48. The molecule has 1 aromatic carbocycles. The first-order valence-electron chi connectivity index (χ1n) is 6.99. The molecule has 0 aliphatic heterocycles. The Morgan fingerprint density at radius 1 is 1.26 bits per heavy atom. The van der Waals surface area contributed by atoms with Crippen LogP contribution in [0.15, 0.2) is 18.2 Å². The molecule has 2 aromatic rings. The molecule has 0 amide bonds. The standard InChI is InChI=1S/C16H22N2O/c1-11-15(16(17)8-4-5-9-16)13-10-12(19-3)6-7-14(13)18(11)2/h6-7,10H,4-5,8-9,17H2,1-3H3. The smallest absolute Gasteiger partial charge is 0.119 e. The lowest BCUT2D eigenvalue weighted by Gasteiger charge is -2.25. The van der Waals surface area contributed by atoms with Gasteiger partial charge in [-0.05, 0) is 38.0 Å². The van der Waals surface area contributed by atoms with Gasteiger partial charge in [0.1, 0.15) is 5.75 Å². The molecule has 19 heavy (non-hydrogen) atoms. The number of nitrogens with two attached hydrogens (primary N) is 1. The minimum Gasteiger partial charge on any atom is -0.497 e. The normalized spacial score (nSPS) is 18.1. The third-order valence-corrected chi connectivity index (χ3v) is 4.69. The van der Waals surface area contributed by atoms with Gasteiger partial charge in [-0.15, -0.1) is 0 Å². The van der Waals surface area contributed by atoms with Crippen LogP contribution in [0.1, 0.15) is 36.9 Å². The van der Waals surface area contributed by atoms with Crippen molar-refractivity contribution in [3.05, 3.63) is 29.5 Å². The molecule has 1 aromatic heterocycles. The summed E-state index contributed by atoms with van der Waals surface area (Å²) in [5.41, 5.74) is 10.4. The summed E-state index contributed by atoms with van der Waals surface area (Å²) in [6.07, 6.45) is 4.64. The zero-order chi connectivity index (χ0) is 13.6. The van der Waals surface area contributed by atoms with Gasteiger partial charge in [0.25, 0.3) is 0 Å². The maximum atomic E-state index is 6.70. The maximum Gasteiger partial charge on any atom is 0.119 e. The number of nitrogens with zero attached hydrogens (tertiary/aromatic N) is 1. The minimum atomic E-state index is -0.157. The summed E-state index contributed by atoms with van der Waals surface area (Å²) in [5, 5.41) is 1.25. The van der Waals surface area contributed by atoms with E-state index in [1.165, 1.54) is 35.0 Å². The predicted octanol–water partition coefficient (Wildman–Crippen LogP) is 3.22. The van der Waals surface area contributed by atoms with Crippen LogP contribution in [-0.4, -0.2) is 11.7 Å². The van der Waals surface area contributed by atoms with Crippen LogP contribution >= 0.6 is 0 Å². The summed E-state index contributed by atoms with van der Waals surface area (Å²) in [5.74, 6) is 0.904. The molecule has 3 rings (SSSR count). The number of benzene rings is 1. The van der Waals surface area contributed by atoms with E-state index in [0.717, 1.165) is 18.6 Å². The van der Waals surface area contributed by atoms with E-state index in [1.807, 2.05) is 6.07 Å². The topological polar surface area (TPSA) is 40.2 Å². The third kappa shape index (κ3) is 1.76. The lowest BCUT2D eigenvalue weighted by Crippen LogP contribution is -2.33. The first-order valence-corrected chi connectivity index (χ1v) is 6.99. The predicted molar refractivity (Wildman–Crippen MR) is 78.5 cm³/mol. The van der Waals surface area contributed by atoms with Crippen LogP contribution in [0.2, 0.25) is 0 Å². The molecule has 3 heteroatoms. The molecule has 1 aliphatic rings. The van der Waals surface area contributed by atoms with Crippen molar-refractivity contribution in [3.8, 4) is 5.75 Å². The van der Waals surface area contributed by atoms with Gasteiger partial charge in [0.2, 0.25) is 0 Å². The van der Waals surface area contributed by atoms with Crippen molar-refractivity contribution in [1.82, 2.24) is 4.57 Å². The summed E-state index contributed by atoms with van der Waals surface area (Å²) >= 11 is 0. The lowest BCUT2D eigenvalue weighted by atomic mass is 9.87. The molecule has 1 fully saturated rings. The Morgan fingerprint density at radius 2 is 1.95 bits per heavy atom. The highest BCUT2D eigenvalue weighted by molar-refractivity contribution is 5.88. The highest BCUT2D eigenvalue weighted by Crippen LogP contribution is 2.42. The minimum absolute atomic E-state index is 0.157. The summed E-state index contributed by atoms with van der Waals surface area (Å²) in [7, 11) is 3.83. The van der Waals surface area contributed by atoms with Crippen molar-refractivity contribution >= 4 is 10.9 Å². The van der Waals surface area contributed by atoms with Crippen LogP contribution in [0, 0.1) is 6.92 Å². The number of aryl methyl sites for hydroxylation is 1. The molecular formula is C16H22N2O. The Bertz CT molecular complexity index is 621. The van der Waals surface area contributed by atoms with Crippen LogP contribution in [0.3, 0.4) is 0 Å². The SMILES string of the molecule is COc1ccc2c(c1)c(C1(N)CCCC1)c(C)n2C. The fourth-order valence-corrected chi connectivity index (χ4v) is 3.56. The van der Waals surface area contributed by atoms with E-state index in [-0.39, 0.29) is 5.54 Å². The van der Waals surface area contributed by atoms with Gasteiger partial charge >= 0.3 is 0 Å². The molecule has 102 valence electrons. The molecule has 0 radical (unpaired) electrons. The third-order valence-electron chi connectivity index (χ3n) is 4.69. The van der Waals surface area contributed by atoms with E-state index in [2.05, 4.69) is 30.7 Å².